The van der Waals surface area contributed by atoms with Crippen molar-refractivity contribution in [3.05, 3.63) is 34.4 Å². The highest BCUT2D eigenvalue weighted by atomic mass is 16.1. The van der Waals surface area contributed by atoms with E-state index in [0.717, 1.165) is 11.1 Å². The Hall–Kier alpha value is -1.44. The zero-order chi connectivity index (χ0) is 16.3. The number of rotatable bonds is 6. The molecule has 0 N–H and O–H groups in total. The van der Waals surface area contributed by atoms with Crippen LogP contribution in [-0.2, 0) is 4.79 Å². The summed E-state index contributed by atoms with van der Waals surface area (Å²) in [6, 6.07) is 3.99. The molecule has 21 heavy (non-hydrogen) atoms. The number of carbonyl (C=O) groups excluding carboxylic acids is 2. The number of benzene rings is 1. The second-order valence-electron chi connectivity index (χ2n) is 6.80. The minimum Gasteiger partial charge on any atom is -0.300 e. The zero-order valence-electron chi connectivity index (χ0n) is 14.4. The summed E-state index contributed by atoms with van der Waals surface area (Å²) in [5, 5.41) is 0. The van der Waals surface area contributed by atoms with E-state index in [-0.39, 0.29) is 23.9 Å². The molecule has 0 bridgehead atoms. The molecule has 0 aliphatic rings. The number of carbonyl (C=O) groups is 2. The van der Waals surface area contributed by atoms with Crippen molar-refractivity contribution >= 4 is 11.6 Å². The van der Waals surface area contributed by atoms with Crippen LogP contribution in [0, 0.1) is 0 Å². The first-order valence-electron chi connectivity index (χ1n) is 7.86. The Balaban J connectivity index is 3.57. The van der Waals surface area contributed by atoms with Gasteiger partial charge in [-0.3, -0.25) is 9.59 Å². The third-order valence-electron chi connectivity index (χ3n) is 3.81. The van der Waals surface area contributed by atoms with Crippen LogP contribution in [0.4, 0.5) is 0 Å². The molecule has 0 radical (unpaired) electrons. The van der Waals surface area contributed by atoms with Gasteiger partial charge in [0.25, 0.3) is 0 Å². The zero-order valence-corrected chi connectivity index (χ0v) is 14.4. The Morgan fingerprint density at radius 3 is 1.76 bits per heavy atom. The first-order valence-corrected chi connectivity index (χ1v) is 7.86. The molecule has 0 heterocycles. The van der Waals surface area contributed by atoms with Crippen molar-refractivity contribution in [3.8, 4) is 0 Å². The molecule has 2 nitrogen and oxygen atoms in total. The van der Waals surface area contributed by atoms with Crippen molar-refractivity contribution in [1.29, 1.82) is 0 Å². The second-order valence-corrected chi connectivity index (χ2v) is 6.80. The third kappa shape index (κ3) is 4.03. The van der Waals surface area contributed by atoms with Gasteiger partial charge < -0.3 is 0 Å². The molecular weight excluding hydrogens is 260 g/mol. The van der Waals surface area contributed by atoms with Gasteiger partial charge in [0.1, 0.15) is 5.78 Å². The molecule has 0 aromatic heterocycles. The molecule has 0 amide bonds. The summed E-state index contributed by atoms with van der Waals surface area (Å²) in [6.07, 6.45) is -0.00171. The monoisotopic (exact) mass is 288 g/mol. The van der Waals surface area contributed by atoms with Crippen molar-refractivity contribution in [1.82, 2.24) is 0 Å². The lowest BCUT2D eigenvalue weighted by molar-refractivity contribution is -0.116. The van der Waals surface area contributed by atoms with E-state index >= 15 is 0 Å². The topological polar surface area (TPSA) is 34.1 Å². The minimum atomic E-state index is -0.0752. The number of Topliss-reactive ketones (excluding diaryl/α,β-unsaturated/α-hetero) is 2. The molecule has 0 saturated heterocycles. The Bertz CT molecular complexity index is 537. The lowest BCUT2D eigenvalue weighted by Crippen LogP contribution is -2.14. The largest absolute Gasteiger partial charge is 0.300 e. The van der Waals surface area contributed by atoms with E-state index in [1.807, 2.05) is 6.07 Å². The summed E-state index contributed by atoms with van der Waals surface area (Å²) < 4.78 is 0. The minimum absolute atomic E-state index is 0.00171. The van der Waals surface area contributed by atoms with Crippen LogP contribution in [0.1, 0.15) is 99.7 Å². The maximum Gasteiger partial charge on any atom is 0.170 e. The van der Waals surface area contributed by atoms with Gasteiger partial charge in [0, 0.05) is 5.56 Å². The van der Waals surface area contributed by atoms with Gasteiger partial charge in [-0.25, -0.2) is 0 Å². The highest BCUT2D eigenvalue weighted by Gasteiger charge is 2.23. The van der Waals surface area contributed by atoms with E-state index in [1.165, 1.54) is 18.1 Å². The first-order chi connectivity index (χ1) is 9.66. The summed E-state index contributed by atoms with van der Waals surface area (Å²) in [4.78, 5) is 23.7. The molecule has 0 aliphatic carbocycles. The van der Waals surface area contributed by atoms with Gasteiger partial charge in [-0.2, -0.15) is 0 Å². The number of hydrogen-bond acceptors (Lipinski definition) is 2. The SMILES string of the molecule is CC(=O)CC(=O)c1ccc(C(C)C)c(C(C)C)c1C(C)C. The molecule has 1 aromatic rings. The summed E-state index contributed by atoms with van der Waals surface area (Å²) in [5.41, 5.74) is 4.46. The smallest absolute Gasteiger partial charge is 0.170 e. The average molecular weight is 288 g/mol. The Morgan fingerprint density at radius 1 is 0.857 bits per heavy atom. The molecule has 0 aliphatic heterocycles. The average Bonchev–Trinajstić information content (AvgIpc) is 2.35. The summed E-state index contributed by atoms with van der Waals surface area (Å²) in [5.74, 6) is 0.936. The highest BCUT2D eigenvalue weighted by Crippen LogP contribution is 2.36. The molecule has 0 unspecified atom stereocenters. The fraction of sp³-hybridized carbons (Fsp3) is 0.579. The van der Waals surface area contributed by atoms with Crippen LogP contribution in [0.5, 0.6) is 0 Å². The molecule has 0 fully saturated rings. The van der Waals surface area contributed by atoms with Crippen molar-refractivity contribution in [2.45, 2.75) is 72.6 Å². The predicted molar refractivity (Wildman–Crippen MR) is 88.3 cm³/mol. The van der Waals surface area contributed by atoms with Gasteiger partial charge >= 0.3 is 0 Å². The van der Waals surface area contributed by atoms with Crippen molar-refractivity contribution in [2.75, 3.05) is 0 Å². The molecule has 0 spiro atoms. The lowest BCUT2D eigenvalue weighted by Gasteiger charge is -2.25. The van der Waals surface area contributed by atoms with E-state index in [9.17, 15) is 9.59 Å². The Kier molecular flexibility index (Phi) is 5.88. The molecule has 1 aromatic carbocycles. The van der Waals surface area contributed by atoms with E-state index < -0.39 is 0 Å². The lowest BCUT2D eigenvalue weighted by atomic mass is 9.79. The predicted octanol–water partition coefficient (Wildman–Crippen LogP) is 5.22. The van der Waals surface area contributed by atoms with Crippen LogP contribution < -0.4 is 0 Å². The second kappa shape index (κ2) is 7.02. The maximum absolute atomic E-state index is 12.4. The molecule has 0 saturated carbocycles. The van der Waals surface area contributed by atoms with Crippen LogP contribution in [0.3, 0.4) is 0 Å². The molecular formula is C19H28O2. The van der Waals surface area contributed by atoms with Gasteiger partial charge in [-0.1, -0.05) is 53.7 Å². The van der Waals surface area contributed by atoms with Gasteiger partial charge in [0.2, 0.25) is 0 Å². The van der Waals surface area contributed by atoms with E-state index in [4.69, 9.17) is 0 Å². The molecule has 1 rings (SSSR count). The van der Waals surface area contributed by atoms with Gasteiger partial charge in [-0.15, -0.1) is 0 Å². The van der Waals surface area contributed by atoms with Crippen molar-refractivity contribution in [3.63, 3.8) is 0 Å². The van der Waals surface area contributed by atoms with E-state index in [0.29, 0.717) is 11.8 Å². The Morgan fingerprint density at radius 2 is 1.38 bits per heavy atom. The van der Waals surface area contributed by atoms with Crippen molar-refractivity contribution < 1.29 is 9.59 Å². The fourth-order valence-electron chi connectivity index (χ4n) is 2.99. The maximum atomic E-state index is 12.4. The normalized spacial score (nSPS) is 11.5. The summed E-state index contributed by atoms with van der Waals surface area (Å²) in [6.45, 7) is 14.4. The first kappa shape index (κ1) is 17.6. The fourth-order valence-corrected chi connectivity index (χ4v) is 2.99. The van der Waals surface area contributed by atoms with Crippen LogP contribution in [0.25, 0.3) is 0 Å². The highest BCUT2D eigenvalue weighted by molar-refractivity contribution is 6.08. The number of hydrogen-bond donors (Lipinski definition) is 0. The van der Waals surface area contributed by atoms with Gasteiger partial charge in [0.05, 0.1) is 6.42 Å². The molecule has 2 heteroatoms. The van der Waals surface area contributed by atoms with E-state index in [1.54, 1.807) is 0 Å². The van der Waals surface area contributed by atoms with Gasteiger partial charge in [-0.05, 0) is 41.4 Å². The van der Waals surface area contributed by atoms with Crippen LogP contribution >= 0.6 is 0 Å². The summed E-state index contributed by atoms with van der Waals surface area (Å²) in [7, 11) is 0. The van der Waals surface area contributed by atoms with Crippen LogP contribution in [0.15, 0.2) is 12.1 Å². The molecule has 116 valence electrons. The Labute approximate surface area is 128 Å². The standard InChI is InChI=1S/C19H28O2/c1-11(2)15-8-9-16(17(21)10-14(7)20)19(13(5)6)18(15)12(3)4/h8-9,11-13H,10H2,1-7H3. The summed E-state index contributed by atoms with van der Waals surface area (Å²) >= 11 is 0. The molecule has 0 atom stereocenters. The quantitative estimate of drug-likeness (QED) is 0.531. The van der Waals surface area contributed by atoms with E-state index in [2.05, 4.69) is 47.6 Å². The number of ketones is 2. The van der Waals surface area contributed by atoms with Crippen molar-refractivity contribution in [2.24, 2.45) is 0 Å². The van der Waals surface area contributed by atoms with Gasteiger partial charge in [0.15, 0.2) is 5.78 Å². The third-order valence-corrected chi connectivity index (χ3v) is 3.81. The van der Waals surface area contributed by atoms with Crippen LogP contribution in [0.2, 0.25) is 0 Å². The van der Waals surface area contributed by atoms with Crippen LogP contribution in [-0.4, -0.2) is 11.6 Å².